The van der Waals surface area contributed by atoms with Crippen LogP contribution in [-0.4, -0.2) is 60.0 Å². The largest absolute Gasteiger partial charge is 0.346 e. The molecule has 0 unspecified atom stereocenters. The van der Waals surface area contributed by atoms with Crippen LogP contribution < -0.4 is 4.90 Å². The highest BCUT2D eigenvalue weighted by atomic mass is 32.1. The molecule has 2 aliphatic rings. The number of carbonyl (C=O) groups excluding carboxylic acids is 1. The van der Waals surface area contributed by atoms with E-state index in [0.29, 0.717) is 13.1 Å². The third-order valence-electron chi connectivity index (χ3n) is 5.77. The van der Waals surface area contributed by atoms with Crippen molar-refractivity contribution >= 4 is 32.6 Å². The molecule has 0 atom stereocenters. The lowest BCUT2D eigenvalue weighted by Gasteiger charge is -2.42. The van der Waals surface area contributed by atoms with Crippen LogP contribution in [-0.2, 0) is 11.3 Å². The molecule has 0 saturated carbocycles. The van der Waals surface area contributed by atoms with Gasteiger partial charge in [-0.15, -0.1) is 0 Å². The van der Waals surface area contributed by atoms with Crippen molar-refractivity contribution in [1.82, 2.24) is 14.8 Å². The fourth-order valence-corrected chi connectivity index (χ4v) is 5.05. The van der Waals surface area contributed by atoms with E-state index in [0.717, 1.165) is 48.1 Å². The number of nitrogens with zero attached hydrogens (tertiary/aromatic N) is 4. The topological polar surface area (TPSA) is 39.7 Å². The molecule has 0 aliphatic carbocycles. The Morgan fingerprint density at radius 1 is 1.07 bits per heavy atom. The summed E-state index contributed by atoms with van der Waals surface area (Å²) in [7, 11) is 0. The van der Waals surface area contributed by atoms with Crippen LogP contribution in [0.2, 0.25) is 0 Å². The van der Waals surface area contributed by atoms with E-state index in [1.165, 1.54) is 29.0 Å². The maximum Gasteiger partial charge on any atom is 0.229 e. The Bertz CT molecular complexity index is 1010. The number of benzene rings is 2. The summed E-state index contributed by atoms with van der Waals surface area (Å²) < 4.78 is 14.2. The van der Waals surface area contributed by atoms with Crippen molar-refractivity contribution in [1.29, 1.82) is 0 Å². The third kappa shape index (κ3) is 3.84. The van der Waals surface area contributed by atoms with Gasteiger partial charge in [0, 0.05) is 45.8 Å². The first-order valence-electron chi connectivity index (χ1n) is 10.0. The molecule has 3 aromatic rings. The molecule has 2 aliphatic heterocycles. The minimum Gasteiger partial charge on any atom is -0.346 e. The molecule has 150 valence electrons. The average Bonchev–Trinajstić information content (AvgIpc) is 3.10. The van der Waals surface area contributed by atoms with Crippen molar-refractivity contribution in [3.05, 3.63) is 59.9 Å². The van der Waals surface area contributed by atoms with Crippen molar-refractivity contribution in [3.8, 4) is 0 Å². The van der Waals surface area contributed by atoms with Gasteiger partial charge < -0.3 is 9.80 Å². The minimum atomic E-state index is -0.240. The SMILES string of the molecule is O=C(C1CN(c2nc3ccc(F)cc3s2)C1)N1CCN(Cc2ccccc2)CC1. The number of amides is 1. The quantitative estimate of drug-likeness (QED) is 0.662. The molecule has 2 aromatic carbocycles. The summed E-state index contributed by atoms with van der Waals surface area (Å²) in [5.74, 6) is 0.0583. The van der Waals surface area contributed by atoms with E-state index in [-0.39, 0.29) is 17.6 Å². The predicted molar refractivity (Wildman–Crippen MR) is 114 cm³/mol. The molecule has 5 nitrogen and oxygen atoms in total. The maximum absolute atomic E-state index is 13.4. The van der Waals surface area contributed by atoms with E-state index in [1.54, 1.807) is 6.07 Å². The number of hydrogen-bond acceptors (Lipinski definition) is 5. The average molecular weight is 411 g/mol. The van der Waals surface area contributed by atoms with Crippen molar-refractivity contribution in [2.45, 2.75) is 6.54 Å². The van der Waals surface area contributed by atoms with Crippen molar-refractivity contribution in [2.75, 3.05) is 44.2 Å². The lowest BCUT2D eigenvalue weighted by molar-refractivity contribution is -0.138. The molecule has 1 aromatic heterocycles. The number of rotatable bonds is 4. The van der Waals surface area contributed by atoms with Crippen molar-refractivity contribution in [3.63, 3.8) is 0 Å². The number of anilines is 1. The highest BCUT2D eigenvalue weighted by Crippen LogP contribution is 2.33. The van der Waals surface area contributed by atoms with E-state index in [9.17, 15) is 9.18 Å². The number of hydrogen-bond donors (Lipinski definition) is 0. The molecule has 5 rings (SSSR count). The minimum absolute atomic E-state index is 0.0411. The summed E-state index contributed by atoms with van der Waals surface area (Å²) in [5.41, 5.74) is 2.13. The standard InChI is InChI=1S/C22H23FN4OS/c23-18-6-7-19-20(12-18)29-22(24-19)27-14-17(15-27)21(28)26-10-8-25(9-11-26)13-16-4-2-1-3-5-16/h1-7,12,17H,8-11,13-15H2. The van der Waals surface area contributed by atoms with Gasteiger partial charge in [0.25, 0.3) is 0 Å². The normalized spacial score (nSPS) is 18.2. The van der Waals surface area contributed by atoms with Gasteiger partial charge >= 0.3 is 0 Å². The molecule has 0 bridgehead atoms. The van der Waals surface area contributed by atoms with Crippen LogP contribution in [0.5, 0.6) is 0 Å². The van der Waals surface area contributed by atoms with Crippen molar-refractivity contribution in [2.24, 2.45) is 5.92 Å². The Balaban J connectivity index is 1.13. The van der Waals surface area contributed by atoms with Gasteiger partial charge in [0.05, 0.1) is 16.1 Å². The number of aromatic nitrogens is 1. The number of piperazine rings is 1. The van der Waals surface area contributed by atoms with Crippen LogP contribution >= 0.6 is 11.3 Å². The molecule has 0 N–H and O–H groups in total. The number of fused-ring (bicyclic) bond motifs is 1. The van der Waals surface area contributed by atoms with Crippen molar-refractivity contribution < 1.29 is 9.18 Å². The predicted octanol–water partition coefficient (Wildman–Crippen LogP) is 3.22. The Labute approximate surface area is 173 Å². The molecule has 7 heteroatoms. The Kier molecular flexibility index (Phi) is 4.93. The maximum atomic E-state index is 13.4. The summed E-state index contributed by atoms with van der Waals surface area (Å²) in [6, 6.07) is 15.1. The summed E-state index contributed by atoms with van der Waals surface area (Å²) >= 11 is 1.49. The molecule has 2 fully saturated rings. The Morgan fingerprint density at radius 2 is 1.83 bits per heavy atom. The van der Waals surface area contributed by atoms with Crippen LogP contribution in [0.4, 0.5) is 9.52 Å². The highest BCUT2D eigenvalue weighted by Gasteiger charge is 2.37. The van der Waals surface area contributed by atoms with E-state index < -0.39 is 0 Å². The summed E-state index contributed by atoms with van der Waals surface area (Å²) in [4.78, 5) is 24.0. The van der Waals surface area contributed by atoms with E-state index in [1.807, 2.05) is 11.0 Å². The van der Waals surface area contributed by atoms with Gasteiger partial charge in [-0.2, -0.15) is 0 Å². The molecule has 1 amide bonds. The monoisotopic (exact) mass is 410 g/mol. The fourth-order valence-electron chi connectivity index (χ4n) is 4.04. The molecule has 0 spiro atoms. The molecular formula is C22H23FN4OS. The zero-order valence-electron chi connectivity index (χ0n) is 16.1. The van der Waals surface area contributed by atoms with Crippen LogP contribution in [0.25, 0.3) is 10.2 Å². The lowest BCUT2D eigenvalue weighted by Crippen LogP contribution is -2.57. The molecule has 2 saturated heterocycles. The molecule has 3 heterocycles. The Morgan fingerprint density at radius 3 is 2.59 bits per heavy atom. The van der Waals surface area contributed by atoms with Gasteiger partial charge in [0.2, 0.25) is 5.91 Å². The second-order valence-corrected chi connectivity index (χ2v) is 8.81. The van der Waals surface area contributed by atoms with Gasteiger partial charge in [-0.25, -0.2) is 9.37 Å². The van der Waals surface area contributed by atoms with E-state index >= 15 is 0 Å². The van der Waals surface area contributed by atoms with Gasteiger partial charge in [-0.3, -0.25) is 9.69 Å². The fraction of sp³-hybridized carbons (Fsp3) is 0.364. The second kappa shape index (κ2) is 7.72. The van der Waals surface area contributed by atoms with Gasteiger partial charge in [-0.1, -0.05) is 41.7 Å². The second-order valence-electron chi connectivity index (χ2n) is 7.80. The number of halogens is 1. The van der Waals surface area contributed by atoms with Crippen LogP contribution in [0.3, 0.4) is 0 Å². The van der Waals surface area contributed by atoms with Gasteiger partial charge in [-0.05, 0) is 23.8 Å². The summed E-state index contributed by atoms with van der Waals surface area (Å²) in [6.45, 7) is 5.77. The first-order chi connectivity index (χ1) is 14.2. The first kappa shape index (κ1) is 18.5. The first-order valence-corrected chi connectivity index (χ1v) is 10.8. The van der Waals surface area contributed by atoms with Gasteiger partial charge in [0.1, 0.15) is 5.82 Å². The van der Waals surface area contributed by atoms with Crippen LogP contribution in [0.15, 0.2) is 48.5 Å². The summed E-state index contributed by atoms with van der Waals surface area (Å²) in [6.07, 6.45) is 0. The molecular weight excluding hydrogens is 387 g/mol. The van der Waals surface area contributed by atoms with E-state index in [2.05, 4.69) is 39.0 Å². The van der Waals surface area contributed by atoms with Crippen LogP contribution in [0, 0.1) is 11.7 Å². The zero-order chi connectivity index (χ0) is 19.8. The lowest BCUT2D eigenvalue weighted by atomic mass is 9.99. The third-order valence-corrected chi connectivity index (χ3v) is 6.85. The zero-order valence-corrected chi connectivity index (χ0v) is 16.9. The van der Waals surface area contributed by atoms with Gasteiger partial charge in [0.15, 0.2) is 5.13 Å². The van der Waals surface area contributed by atoms with E-state index in [4.69, 9.17) is 0 Å². The highest BCUT2D eigenvalue weighted by molar-refractivity contribution is 7.22. The van der Waals surface area contributed by atoms with Crippen LogP contribution in [0.1, 0.15) is 5.56 Å². The molecule has 29 heavy (non-hydrogen) atoms. The smallest absolute Gasteiger partial charge is 0.229 e. The molecule has 0 radical (unpaired) electrons. The number of carbonyl (C=O) groups is 1. The Hall–Kier alpha value is -2.51. The summed E-state index contributed by atoms with van der Waals surface area (Å²) in [5, 5.41) is 0.877. The number of thiazole rings is 1.